The van der Waals surface area contributed by atoms with Crippen LogP contribution in [-0.2, 0) is 12.8 Å². The Balaban J connectivity index is 1.29. The summed E-state index contributed by atoms with van der Waals surface area (Å²) in [4.78, 5) is 12.5. The standard InChI is InChI=1S/C26H24ClNO2/c1-30-24-12-4-19(5-13-24)16-18-2-6-22(7-3-18)26(29)28-15-14-21-9-8-20-10-11-23(27)17-25(20)21/h2-7,9-13,17H,8,14-16H2,1H3,(H,28,29). The molecule has 0 atom stereocenters. The molecule has 0 bridgehead atoms. The Bertz CT molecular complexity index is 1070. The van der Waals surface area contributed by atoms with Crippen molar-refractivity contribution in [1.82, 2.24) is 5.32 Å². The molecule has 0 aromatic heterocycles. The summed E-state index contributed by atoms with van der Waals surface area (Å²) in [5, 5.41) is 3.78. The third-order valence-corrected chi connectivity index (χ3v) is 5.68. The highest BCUT2D eigenvalue weighted by atomic mass is 35.5. The van der Waals surface area contributed by atoms with Crippen molar-refractivity contribution in [1.29, 1.82) is 0 Å². The molecule has 1 aliphatic carbocycles. The number of carbonyl (C=O) groups is 1. The number of halogens is 1. The predicted molar refractivity (Wildman–Crippen MR) is 122 cm³/mol. The molecule has 152 valence electrons. The number of methoxy groups -OCH3 is 1. The first-order chi connectivity index (χ1) is 14.6. The summed E-state index contributed by atoms with van der Waals surface area (Å²) < 4.78 is 5.19. The molecule has 3 aromatic carbocycles. The average Bonchev–Trinajstić information content (AvgIpc) is 3.17. The van der Waals surface area contributed by atoms with E-state index in [4.69, 9.17) is 16.3 Å². The van der Waals surface area contributed by atoms with E-state index in [-0.39, 0.29) is 5.91 Å². The van der Waals surface area contributed by atoms with Gasteiger partial charge in [0.25, 0.3) is 5.91 Å². The fraction of sp³-hybridized carbons (Fsp3) is 0.192. The lowest BCUT2D eigenvalue weighted by Crippen LogP contribution is -2.24. The van der Waals surface area contributed by atoms with Gasteiger partial charge in [-0.15, -0.1) is 0 Å². The lowest BCUT2D eigenvalue weighted by Gasteiger charge is -2.09. The van der Waals surface area contributed by atoms with Crippen molar-refractivity contribution >= 4 is 23.1 Å². The van der Waals surface area contributed by atoms with Gasteiger partial charge in [0, 0.05) is 17.1 Å². The number of hydrogen-bond acceptors (Lipinski definition) is 2. The molecule has 0 radical (unpaired) electrons. The minimum atomic E-state index is -0.0455. The third kappa shape index (κ3) is 4.74. The number of allylic oxidation sites excluding steroid dienone is 1. The van der Waals surface area contributed by atoms with E-state index < -0.39 is 0 Å². The summed E-state index contributed by atoms with van der Waals surface area (Å²) in [5.41, 5.74) is 6.81. The van der Waals surface area contributed by atoms with Crippen LogP contribution < -0.4 is 10.1 Å². The molecule has 0 saturated carbocycles. The summed E-state index contributed by atoms with van der Waals surface area (Å²) in [6.45, 7) is 0.601. The number of fused-ring (bicyclic) bond motifs is 1. The summed E-state index contributed by atoms with van der Waals surface area (Å²) in [6, 6.07) is 21.9. The number of nitrogens with one attached hydrogen (secondary N) is 1. The van der Waals surface area contributed by atoms with E-state index in [0.29, 0.717) is 12.1 Å². The molecular weight excluding hydrogens is 394 g/mol. The first kappa shape index (κ1) is 20.2. The third-order valence-electron chi connectivity index (χ3n) is 5.45. The highest BCUT2D eigenvalue weighted by Gasteiger charge is 2.14. The van der Waals surface area contributed by atoms with Crippen LogP contribution in [0.5, 0.6) is 5.75 Å². The van der Waals surface area contributed by atoms with Crippen LogP contribution in [0.15, 0.2) is 72.8 Å². The zero-order valence-corrected chi connectivity index (χ0v) is 17.7. The Morgan fingerprint density at radius 3 is 2.40 bits per heavy atom. The minimum Gasteiger partial charge on any atom is -0.497 e. The van der Waals surface area contributed by atoms with Gasteiger partial charge in [-0.3, -0.25) is 4.79 Å². The fourth-order valence-electron chi connectivity index (χ4n) is 3.77. The maximum absolute atomic E-state index is 12.5. The number of hydrogen-bond donors (Lipinski definition) is 1. The van der Waals surface area contributed by atoms with Gasteiger partial charge in [-0.2, -0.15) is 0 Å². The normalized spacial score (nSPS) is 12.3. The van der Waals surface area contributed by atoms with Crippen molar-refractivity contribution in [2.24, 2.45) is 0 Å². The van der Waals surface area contributed by atoms with Crippen molar-refractivity contribution in [3.05, 3.63) is 106 Å². The molecule has 1 amide bonds. The smallest absolute Gasteiger partial charge is 0.251 e. The van der Waals surface area contributed by atoms with Crippen LogP contribution in [0, 0.1) is 0 Å². The topological polar surface area (TPSA) is 38.3 Å². The minimum absolute atomic E-state index is 0.0455. The highest BCUT2D eigenvalue weighted by Crippen LogP contribution is 2.31. The molecule has 0 aliphatic heterocycles. The summed E-state index contributed by atoms with van der Waals surface area (Å²) in [6.07, 6.45) is 4.78. The van der Waals surface area contributed by atoms with Gasteiger partial charge < -0.3 is 10.1 Å². The van der Waals surface area contributed by atoms with Crippen LogP contribution in [0.25, 0.3) is 5.57 Å². The zero-order valence-electron chi connectivity index (χ0n) is 17.0. The largest absolute Gasteiger partial charge is 0.497 e. The van der Waals surface area contributed by atoms with Crippen molar-refractivity contribution in [3.63, 3.8) is 0 Å². The molecule has 30 heavy (non-hydrogen) atoms. The fourth-order valence-corrected chi connectivity index (χ4v) is 3.94. The molecule has 0 heterocycles. The van der Waals surface area contributed by atoms with Crippen LogP contribution in [-0.4, -0.2) is 19.6 Å². The van der Waals surface area contributed by atoms with Crippen LogP contribution in [0.1, 0.15) is 39.0 Å². The second kappa shape index (κ2) is 9.19. The summed E-state index contributed by atoms with van der Waals surface area (Å²) >= 11 is 6.13. The van der Waals surface area contributed by atoms with Gasteiger partial charge in [-0.05, 0) is 83.5 Å². The van der Waals surface area contributed by atoms with Crippen LogP contribution >= 0.6 is 11.6 Å². The quantitative estimate of drug-likeness (QED) is 0.535. The molecule has 1 aliphatic rings. The highest BCUT2D eigenvalue weighted by molar-refractivity contribution is 6.30. The Hall–Kier alpha value is -3.04. The van der Waals surface area contributed by atoms with Crippen molar-refractivity contribution in [2.75, 3.05) is 13.7 Å². The van der Waals surface area contributed by atoms with E-state index >= 15 is 0 Å². The van der Waals surface area contributed by atoms with Crippen LogP contribution in [0.3, 0.4) is 0 Å². The molecule has 4 heteroatoms. The molecule has 0 saturated heterocycles. The SMILES string of the molecule is COc1ccc(Cc2ccc(C(=O)NCCC3=CCc4ccc(Cl)cc43)cc2)cc1. The number of carbonyl (C=O) groups excluding carboxylic acids is 1. The second-order valence-corrected chi connectivity index (χ2v) is 7.90. The molecule has 4 rings (SSSR count). The van der Waals surface area contributed by atoms with Crippen molar-refractivity contribution in [3.8, 4) is 5.75 Å². The molecule has 0 spiro atoms. The lowest BCUT2D eigenvalue weighted by molar-refractivity contribution is 0.0954. The lowest BCUT2D eigenvalue weighted by atomic mass is 10.0. The van der Waals surface area contributed by atoms with E-state index in [1.807, 2.05) is 48.5 Å². The maximum atomic E-state index is 12.5. The van der Waals surface area contributed by atoms with Crippen LogP contribution in [0.2, 0.25) is 5.02 Å². The number of amides is 1. The van der Waals surface area contributed by atoms with Gasteiger partial charge in [-0.1, -0.05) is 48.0 Å². The van der Waals surface area contributed by atoms with Gasteiger partial charge in [0.15, 0.2) is 0 Å². The van der Waals surface area contributed by atoms with Gasteiger partial charge in [0.1, 0.15) is 5.75 Å². The van der Waals surface area contributed by atoms with Gasteiger partial charge in [0.2, 0.25) is 0 Å². The molecule has 1 N–H and O–H groups in total. The predicted octanol–water partition coefficient (Wildman–Crippen LogP) is 5.70. The Kier molecular flexibility index (Phi) is 6.20. The Morgan fingerprint density at radius 2 is 1.70 bits per heavy atom. The molecule has 0 unspecified atom stereocenters. The van der Waals surface area contributed by atoms with Crippen LogP contribution in [0.4, 0.5) is 0 Å². The van der Waals surface area contributed by atoms with Crippen molar-refractivity contribution in [2.45, 2.75) is 19.3 Å². The summed E-state index contributed by atoms with van der Waals surface area (Å²) in [7, 11) is 1.66. The average molecular weight is 418 g/mol. The number of rotatable bonds is 7. The molecule has 0 fully saturated rings. The monoisotopic (exact) mass is 417 g/mol. The van der Waals surface area contributed by atoms with E-state index in [0.717, 1.165) is 30.0 Å². The van der Waals surface area contributed by atoms with E-state index in [2.05, 4.69) is 29.6 Å². The zero-order chi connectivity index (χ0) is 20.9. The number of ether oxygens (including phenoxy) is 1. The number of benzene rings is 3. The summed E-state index contributed by atoms with van der Waals surface area (Å²) in [5.74, 6) is 0.807. The van der Waals surface area contributed by atoms with Crippen molar-refractivity contribution < 1.29 is 9.53 Å². The molecule has 3 aromatic rings. The van der Waals surface area contributed by atoms with Gasteiger partial charge >= 0.3 is 0 Å². The maximum Gasteiger partial charge on any atom is 0.251 e. The van der Waals surface area contributed by atoms with Gasteiger partial charge in [0.05, 0.1) is 7.11 Å². The first-order valence-corrected chi connectivity index (χ1v) is 10.5. The van der Waals surface area contributed by atoms with E-state index in [1.165, 1.54) is 27.8 Å². The molecule has 3 nitrogen and oxygen atoms in total. The van der Waals surface area contributed by atoms with E-state index in [9.17, 15) is 4.79 Å². The second-order valence-electron chi connectivity index (χ2n) is 7.46. The first-order valence-electron chi connectivity index (χ1n) is 10.1. The Labute approximate surface area is 182 Å². The van der Waals surface area contributed by atoms with E-state index in [1.54, 1.807) is 7.11 Å². The molecular formula is C26H24ClNO2. The van der Waals surface area contributed by atoms with Gasteiger partial charge in [-0.25, -0.2) is 0 Å². The Morgan fingerprint density at radius 1 is 1.00 bits per heavy atom.